The minimum absolute atomic E-state index is 0.0491. The lowest BCUT2D eigenvalue weighted by atomic mass is 9.95. The Hall–Kier alpha value is -4.85. The number of rotatable bonds is 10. The smallest absolute Gasteiger partial charge is 0.295 e. The minimum atomic E-state index is -0.768. The van der Waals surface area contributed by atoms with Gasteiger partial charge in [0.25, 0.3) is 11.7 Å². The first-order chi connectivity index (χ1) is 19.0. The quantitative estimate of drug-likeness (QED) is 0.179. The van der Waals surface area contributed by atoms with E-state index >= 15 is 0 Å². The first-order valence-electron chi connectivity index (χ1n) is 12.7. The molecule has 0 radical (unpaired) electrons. The maximum absolute atomic E-state index is 13.3. The second kappa shape index (κ2) is 11.7. The number of methoxy groups -OCH3 is 1. The van der Waals surface area contributed by atoms with Crippen LogP contribution in [-0.4, -0.2) is 44.9 Å². The number of aliphatic hydroxyl groups is 1. The molecule has 1 fully saturated rings. The number of hydrogen-bond donors (Lipinski definition) is 1. The Labute approximate surface area is 226 Å². The van der Waals surface area contributed by atoms with E-state index in [1.54, 1.807) is 43.9 Å². The Balaban J connectivity index is 1.49. The summed E-state index contributed by atoms with van der Waals surface area (Å²) in [5.74, 6) is -0.368. The van der Waals surface area contributed by atoms with Gasteiger partial charge < -0.3 is 24.0 Å². The maximum atomic E-state index is 13.3. The van der Waals surface area contributed by atoms with Gasteiger partial charge in [0.05, 0.1) is 25.1 Å². The zero-order chi connectivity index (χ0) is 27.2. The number of likely N-dealkylation sites (tertiary alicyclic amines) is 1. The number of amides is 1. The summed E-state index contributed by atoms with van der Waals surface area (Å²) in [6.45, 7) is 1.33. The van der Waals surface area contributed by atoms with Crippen LogP contribution in [0, 0.1) is 0 Å². The molecule has 0 aliphatic carbocycles. The van der Waals surface area contributed by atoms with Crippen LogP contribution in [0.4, 0.5) is 0 Å². The fraction of sp³-hybridized carbons (Fsp3) is 0.194. The van der Waals surface area contributed by atoms with E-state index in [9.17, 15) is 14.7 Å². The van der Waals surface area contributed by atoms with Crippen LogP contribution in [0.1, 0.15) is 29.2 Å². The Bertz CT molecular complexity index is 1460. The molecule has 8 heteroatoms. The van der Waals surface area contributed by atoms with E-state index in [-0.39, 0.29) is 11.3 Å². The lowest BCUT2D eigenvalue weighted by molar-refractivity contribution is -0.139. The molecule has 0 spiro atoms. The monoisotopic (exact) mass is 523 g/mol. The number of benzene rings is 3. The van der Waals surface area contributed by atoms with Gasteiger partial charge in [0.15, 0.2) is 0 Å². The topological polar surface area (TPSA) is 93.9 Å². The summed E-state index contributed by atoms with van der Waals surface area (Å²) in [6.07, 6.45) is 5.86. The highest BCUT2D eigenvalue weighted by atomic mass is 16.5. The van der Waals surface area contributed by atoms with E-state index in [1.807, 2.05) is 65.4 Å². The molecule has 2 heterocycles. The number of carbonyl (C=O) groups excluding carboxylic acids is 2. The lowest BCUT2D eigenvalue weighted by Crippen LogP contribution is -2.31. The summed E-state index contributed by atoms with van der Waals surface area (Å²) in [5, 5.41) is 11.3. The summed E-state index contributed by atoms with van der Waals surface area (Å²) in [7, 11) is 1.55. The molecular formula is C31H29N3O5. The summed E-state index contributed by atoms with van der Waals surface area (Å²) in [6, 6.07) is 23.1. The van der Waals surface area contributed by atoms with Gasteiger partial charge in [-0.1, -0.05) is 42.5 Å². The largest absolute Gasteiger partial charge is 0.507 e. The summed E-state index contributed by atoms with van der Waals surface area (Å²) in [5.41, 5.74) is 2.17. The number of aryl methyl sites for hydroxylation is 1. The number of aliphatic hydroxyl groups excluding tert-OH is 1. The number of carbonyl (C=O) groups is 2. The summed E-state index contributed by atoms with van der Waals surface area (Å²) < 4.78 is 13.2. The van der Waals surface area contributed by atoms with E-state index in [2.05, 4.69) is 4.98 Å². The molecule has 1 atom stereocenters. The second-order valence-corrected chi connectivity index (χ2v) is 9.22. The number of aromatic nitrogens is 2. The molecule has 5 rings (SSSR count). The first kappa shape index (κ1) is 25.8. The zero-order valence-electron chi connectivity index (χ0n) is 21.6. The van der Waals surface area contributed by atoms with Gasteiger partial charge in [0.2, 0.25) is 0 Å². The molecule has 1 aromatic heterocycles. The van der Waals surface area contributed by atoms with Crippen LogP contribution in [0.5, 0.6) is 11.5 Å². The van der Waals surface area contributed by atoms with Gasteiger partial charge >= 0.3 is 0 Å². The van der Waals surface area contributed by atoms with Crippen molar-refractivity contribution in [1.82, 2.24) is 14.5 Å². The summed E-state index contributed by atoms with van der Waals surface area (Å²) >= 11 is 0. The number of ketones is 1. The molecule has 1 N–H and O–H groups in total. The van der Waals surface area contributed by atoms with Gasteiger partial charge in [-0.2, -0.15) is 0 Å². The van der Waals surface area contributed by atoms with Gasteiger partial charge in [0, 0.05) is 31.0 Å². The zero-order valence-corrected chi connectivity index (χ0v) is 21.6. The fourth-order valence-electron chi connectivity index (χ4n) is 4.72. The van der Waals surface area contributed by atoms with Crippen LogP contribution < -0.4 is 9.47 Å². The highest BCUT2D eigenvalue weighted by Gasteiger charge is 2.45. The molecule has 1 unspecified atom stereocenters. The number of hydrogen-bond acceptors (Lipinski definition) is 6. The normalized spacial score (nSPS) is 16.4. The molecule has 1 amide bonds. The second-order valence-electron chi connectivity index (χ2n) is 9.22. The first-order valence-corrected chi connectivity index (χ1v) is 12.7. The highest BCUT2D eigenvalue weighted by molar-refractivity contribution is 6.46. The summed E-state index contributed by atoms with van der Waals surface area (Å²) in [4.78, 5) is 32.2. The third kappa shape index (κ3) is 5.70. The van der Waals surface area contributed by atoms with Crippen molar-refractivity contribution in [2.45, 2.75) is 25.6 Å². The van der Waals surface area contributed by atoms with Gasteiger partial charge in [-0.25, -0.2) is 4.98 Å². The third-order valence-electron chi connectivity index (χ3n) is 6.70. The van der Waals surface area contributed by atoms with Gasteiger partial charge in [-0.05, 0) is 53.9 Å². The fourth-order valence-corrected chi connectivity index (χ4v) is 4.72. The van der Waals surface area contributed by atoms with Crippen LogP contribution in [-0.2, 0) is 22.7 Å². The standard InChI is InChI=1S/C31H29N3O5/c1-38-25-13-11-23(12-14-25)29(35)27-28(34(31(37)30(27)36)17-6-16-33-18-15-32-21-33)24-9-5-10-26(19-24)39-20-22-7-3-2-4-8-22/h2-5,7-15,18-19,21,28,35H,6,16-17,20H2,1H3/b29-27+. The number of imidazole rings is 1. The molecular weight excluding hydrogens is 494 g/mol. The van der Waals surface area contributed by atoms with E-state index in [1.165, 1.54) is 4.90 Å². The van der Waals surface area contributed by atoms with Crippen molar-refractivity contribution < 1.29 is 24.2 Å². The average molecular weight is 524 g/mol. The molecule has 1 saturated heterocycles. The molecule has 4 aromatic rings. The van der Waals surface area contributed by atoms with Crippen molar-refractivity contribution in [2.75, 3.05) is 13.7 Å². The Morgan fingerprint density at radius 3 is 2.46 bits per heavy atom. The van der Waals surface area contributed by atoms with Gasteiger partial charge in [-0.3, -0.25) is 9.59 Å². The van der Waals surface area contributed by atoms with Crippen LogP contribution in [0.25, 0.3) is 5.76 Å². The predicted molar refractivity (Wildman–Crippen MR) is 146 cm³/mol. The Kier molecular flexibility index (Phi) is 7.73. The minimum Gasteiger partial charge on any atom is -0.507 e. The average Bonchev–Trinajstić information content (AvgIpc) is 3.59. The van der Waals surface area contributed by atoms with E-state index in [0.29, 0.717) is 48.7 Å². The molecule has 198 valence electrons. The molecule has 1 aliphatic rings. The van der Waals surface area contributed by atoms with E-state index in [4.69, 9.17) is 9.47 Å². The van der Waals surface area contributed by atoms with Crippen molar-refractivity contribution in [1.29, 1.82) is 0 Å². The van der Waals surface area contributed by atoms with Crippen molar-refractivity contribution in [3.63, 3.8) is 0 Å². The third-order valence-corrected chi connectivity index (χ3v) is 6.70. The molecule has 0 saturated carbocycles. The van der Waals surface area contributed by atoms with Crippen molar-refractivity contribution >= 4 is 17.4 Å². The molecule has 39 heavy (non-hydrogen) atoms. The maximum Gasteiger partial charge on any atom is 0.295 e. The molecule has 8 nitrogen and oxygen atoms in total. The van der Waals surface area contributed by atoms with Gasteiger partial charge in [-0.15, -0.1) is 0 Å². The van der Waals surface area contributed by atoms with Crippen LogP contribution in [0.2, 0.25) is 0 Å². The van der Waals surface area contributed by atoms with Gasteiger partial charge in [0.1, 0.15) is 23.9 Å². The molecule has 0 bridgehead atoms. The number of nitrogens with zero attached hydrogens (tertiary/aromatic N) is 3. The van der Waals surface area contributed by atoms with E-state index < -0.39 is 17.7 Å². The lowest BCUT2D eigenvalue weighted by Gasteiger charge is -2.26. The predicted octanol–water partition coefficient (Wildman–Crippen LogP) is 4.98. The highest BCUT2D eigenvalue weighted by Crippen LogP contribution is 2.40. The molecule has 3 aromatic carbocycles. The van der Waals surface area contributed by atoms with Crippen molar-refractivity contribution in [3.8, 4) is 11.5 Å². The number of Topliss-reactive ketones (excluding diaryl/α,β-unsaturated/α-hetero) is 1. The Morgan fingerprint density at radius 1 is 0.949 bits per heavy atom. The number of ether oxygens (including phenoxy) is 2. The van der Waals surface area contributed by atoms with Crippen molar-refractivity contribution in [3.05, 3.63) is 120 Å². The van der Waals surface area contributed by atoms with E-state index in [0.717, 1.165) is 5.56 Å². The van der Waals surface area contributed by atoms with Crippen LogP contribution in [0.3, 0.4) is 0 Å². The molecule has 1 aliphatic heterocycles. The van der Waals surface area contributed by atoms with Crippen molar-refractivity contribution in [2.24, 2.45) is 0 Å². The Morgan fingerprint density at radius 2 is 1.74 bits per heavy atom. The van der Waals surface area contributed by atoms with Crippen LogP contribution in [0.15, 0.2) is 103 Å². The van der Waals surface area contributed by atoms with Crippen LogP contribution >= 0.6 is 0 Å². The SMILES string of the molecule is COc1ccc(/C(O)=C2\C(=O)C(=O)N(CCCn3ccnc3)C2c2cccc(OCc3ccccc3)c2)cc1.